The number of aryl methyl sites for hydroxylation is 1. The lowest BCUT2D eigenvalue weighted by molar-refractivity contribution is -0.120. The van der Waals surface area contributed by atoms with E-state index in [4.69, 9.17) is 9.72 Å². The second-order valence-corrected chi connectivity index (χ2v) is 11.6. The van der Waals surface area contributed by atoms with Crippen molar-refractivity contribution in [2.75, 3.05) is 24.0 Å². The average molecular weight is 591 g/mol. The van der Waals surface area contributed by atoms with Crippen molar-refractivity contribution in [3.05, 3.63) is 59.7 Å². The Hall–Kier alpha value is -4.55. The fourth-order valence-corrected chi connectivity index (χ4v) is 5.85. The normalized spacial score (nSPS) is 17.4. The Labute approximate surface area is 245 Å². The number of benzene rings is 1. The number of imidazole rings is 1. The zero-order valence-electron chi connectivity index (χ0n) is 24.1. The molecule has 43 heavy (non-hydrogen) atoms. The minimum Gasteiger partial charge on any atom is -0.480 e. The van der Waals surface area contributed by atoms with Gasteiger partial charge in [-0.25, -0.2) is 29.3 Å². The fraction of sp³-hybridized carbons (Fsp3) is 0.400. The third kappa shape index (κ3) is 4.40. The first-order valence-electron chi connectivity index (χ1n) is 14.0. The molecule has 2 aliphatic carbocycles. The topological polar surface area (TPSA) is 102 Å². The molecule has 0 bridgehead atoms. The number of hydrogen-bond donors (Lipinski definition) is 0. The molecule has 3 aliphatic rings. The van der Waals surface area contributed by atoms with E-state index in [0.29, 0.717) is 47.2 Å². The number of halogens is 3. The predicted molar refractivity (Wildman–Crippen MR) is 151 cm³/mol. The van der Waals surface area contributed by atoms with Gasteiger partial charge in [0.05, 0.1) is 24.6 Å². The SMILES string of the molecule is COc1ncnc(C2CC2)c1-c1ncc2c(n1)N(Cc1ccc(-c3nc(C(C)(F)F)cn3C)c(F)c1)C1(CC1)C(=O)N2C. The van der Waals surface area contributed by atoms with Gasteiger partial charge in [0.25, 0.3) is 11.8 Å². The van der Waals surface area contributed by atoms with E-state index >= 15 is 4.39 Å². The number of anilines is 2. The average Bonchev–Trinajstić information content (AvgIpc) is 3.92. The van der Waals surface area contributed by atoms with Gasteiger partial charge in [-0.1, -0.05) is 6.07 Å². The van der Waals surface area contributed by atoms with Gasteiger partial charge in [-0.2, -0.15) is 8.78 Å². The standard InChI is InChI=1S/C30H29F3N8O2/c1-29(32,33)21-14-39(2)25(37-21)18-8-5-16(11-19(18)31)13-41-26-20(40(3)28(42)30(41)9-10-30)12-34-24(38-26)22-23(17-6-7-17)35-15-36-27(22)43-4/h5,8,11-12,14-15,17H,6-7,9-10,13H2,1-4H3. The number of carbonyl (C=O) groups excluding carboxylic acids is 1. The summed E-state index contributed by atoms with van der Waals surface area (Å²) >= 11 is 0. The van der Waals surface area contributed by atoms with Crippen LogP contribution in [0.25, 0.3) is 22.8 Å². The number of alkyl halides is 2. The van der Waals surface area contributed by atoms with Crippen LogP contribution in [0.15, 0.2) is 36.9 Å². The van der Waals surface area contributed by atoms with Crippen molar-refractivity contribution >= 4 is 17.4 Å². The molecular formula is C30H29F3N8O2. The number of methoxy groups -OCH3 is 1. The Morgan fingerprint density at radius 2 is 1.88 bits per heavy atom. The maximum Gasteiger partial charge on any atom is 0.288 e. The van der Waals surface area contributed by atoms with Gasteiger partial charge in [0.1, 0.15) is 40.5 Å². The molecule has 3 aromatic heterocycles. The van der Waals surface area contributed by atoms with Crippen LogP contribution in [0, 0.1) is 5.82 Å². The summed E-state index contributed by atoms with van der Waals surface area (Å²) < 4.78 is 50.2. The van der Waals surface area contributed by atoms with Gasteiger partial charge in [0.15, 0.2) is 11.6 Å². The highest BCUT2D eigenvalue weighted by atomic mass is 19.3. The summed E-state index contributed by atoms with van der Waals surface area (Å²) in [4.78, 5) is 39.4. The summed E-state index contributed by atoms with van der Waals surface area (Å²) in [5, 5.41) is 0. The molecule has 0 unspecified atom stereocenters. The molecule has 0 N–H and O–H groups in total. The highest BCUT2D eigenvalue weighted by molar-refractivity contribution is 6.09. The summed E-state index contributed by atoms with van der Waals surface area (Å²) in [7, 11) is 4.79. The second-order valence-electron chi connectivity index (χ2n) is 11.6. The number of fused-ring (bicyclic) bond motifs is 1. The molecule has 1 amide bonds. The summed E-state index contributed by atoms with van der Waals surface area (Å²) in [5.74, 6) is -2.14. The molecule has 2 fully saturated rings. The Balaban J connectivity index is 1.29. The molecule has 2 saturated carbocycles. The maximum absolute atomic E-state index is 15.5. The lowest BCUT2D eigenvalue weighted by atomic mass is 10.0. The number of likely N-dealkylation sites (N-methyl/N-ethyl adjacent to an activating group) is 1. The van der Waals surface area contributed by atoms with E-state index in [1.807, 2.05) is 4.90 Å². The number of ether oxygens (including phenoxy) is 1. The van der Waals surface area contributed by atoms with Crippen molar-refractivity contribution in [1.82, 2.24) is 29.5 Å². The van der Waals surface area contributed by atoms with Crippen LogP contribution in [-0.2, 0) is 24.3 Å². The third-order valence-corrected chi connectivity index (χ3v) is 8.47. The number of carbonyl (C=O) groups is 1. The first-order chi connectivity index (χ1) is 20.5. The van der Waals surface area contributed by atoms with Crippen LogP contribution in [0.1, 0.15) is 55.5 Å². The third-order valence-electron chi connectivity index (χ3n) is 8.47. The van der Waals surface area contributed by atoms with Crippen LogP contribution < -0.4 is 14.5 Å². The van der Waals surface area contributed by atoms with Gasteiger partial charge < -0.3 is 19.1 Å². The van der Waals surface area contributed by atoms with Crippen LogP contribution >= 0.6 is 0 Å². The molecule has 222 valence electrons. The van der Waals surface area contributed by atoms with Gasteiger partial charge in [0, 0.05) is 39.7 Å². The van der Waals surface area contributed by atoms with Crippen molar-refractivity contribution in [3.63, 3.8) is 0 Å². The Morgan fingerprint density at radius 1 is 1.12 bits per heavy atom. The van der Waals surface area contributed by atoms with Crippen molar-refractivity contribution in [2.24, 2.45) is 7.05 Å². The van der Waals surface area contributed by atoms with Gasteiger partial charge >= 0.3 is 0 Å². The van der Waals surface area contributed by atoms with Crippen LogP contribution in [0.2, 0.25) is 0 Å². The molecule has 1 spiro atoms. The van der Waals surface area contributed by atoms with Gasteiger partial charge in [-0.15, -0.1) is 0 Å². The van der Waals surface area contributed by atoms with Crippen LogP contribution in [0.4, 0.5) is 24.7 Å². The molecule has 1 aromatic carbocycles. The fourth-order valence-electron chi connectivity index (χ4n) is 5.85. The zero-order valence-corrected chi connectivity index (χ0v) is 24.1. The summed E-state index contributed by atoms with van der Waals surface area (Å²) in [6.07, 6.45) is 7.56. The van der Waals surface area contributed by atoms with Crippen molar-refractivity contribution < 1.29 is 22.7 Å². The van der Waals surface area contributed by atoms with E-state index in [9.17, 15) is 13.6 Å². The van der Waals surface area contributed by atoms with Gasteiger partial charge in [0.2, 0.25) is 5.88 Å². The van der Waals surface area contributed by atoms with E-state index in [-0.39, 0.29) is 29.8 Å². The van der Waals surface area contributed by atoms with Crippen LogP contribution in [-0.4, -0.2) is 55.1 Å². The highest BCUT2D eigenvalue weighted by Gasteiger charge is 2.59. The number of aromatic nitrogens is 6. The summed E-state index contributed by atoms with van der Waals surface area (Å²) in [6, 6.07) is 4.60. The number of nitrogens with zero attached hydrogens (tertiary/aromatic N) is 8. The summed E-state index contributed by atoms with van der Waals surface area (Å²) in [6.45, 7) is 0.946. The monoisotopic (exact) mass is 590 g/mol. The first kappa shape index (κ1) is 27.3. The molecule has 0 radical (unpaired) electrons. The van der Waals surface area contributed by atoms with E-state index in [2.05, 4.69) is 19.9 Å². The predicted octanol–water partition coefficient (Wildman–Crippen LogP) is 4.99. The molecule has 4 heterocycles. The Kier molecular flexibility index (Phi) is 6.02. The first-order valence-corrected chi connectivity index (χ1v) is 14.0. The molecule has 10 nitrogen and oxygen atoms in total. The zero-order chi connectivity index (χ0) is 30.3. The minimum absolute atomic E-state index is 0.0752. The quantitative estimate of drug-likeness (QED) is 0.297. The lowest BCUT2D eigenvalue weighted by Crippen LogP contribution is -2.54. The second kappa shape index (κ2) is 9.48. The largest absolute Gasteiger partial charge is 0.480 e. The smallest absolute Gasteiger partial charge is 0.288 e. The molecule has 0 atom stereocenters. The van der Waals surface area contributed by atoms with Crippen molar-refractivity contribution in [2.45, 2.75) is 56.5 Å². The Morgan fingerprint density at radius 3 is 2.51 bits per heavy atom. The molecule has 0 saturated heterocycles. The minimum atomic E-state index is -3.15. The number of amides is 1. The molecule has 1 aliphatic heterocycles. The molecule has 7 rings (SSSR count). The van der Waals surface area contributed by atoms with E-state index < -0.39 is 23.0 Å². The van der Waals surface area contributed by atoms with Crippen LogP contribution in [0.5, 0.6) is 5.88 Å². The highest BCUT2D eigenvalue weighted by Crippen LogP contribution is 2.52. The molecule has 13 heteroatoms. The van der Waals surface area contributed by atoms with Crippen LogP contribution in [0.3, 0.4) is 0 Å². The lowest BCUT2D eigenvalue weighted by Gasteiger charge is -2.41. The number of hydrogen-bond acceptors (Lipinski definition) is 8. The van der Waals surface area contributed by atoms with E-state index in [0.717, 1.165) is 25.5 Å². The Bertz CT molecular complexity index is 1780. The maximum atomic E-state index is 15.5. The van der Waals surface area contributed by atoms with Crippen molar-refractivity contribution in [3.8, 4) is 28.7 Å². The van der Waals surface area contributed by atoms with Crippen molar-refractivity contribution in [1.29, 1.82) is 0 Å². The van der Waals surface area contributed by atoms with Gasteiger partial charge in [-0.05, 0) is 43.4 Å². The van der Waals surface area contributed by atoms with Gasteiger partial charge in [-0.3, -0.25) is 4.79 Å². The molecular weight excluding hydrogens is 561 g/mol. The van der Waals surface area contributed by atoms with E-state index in [1.54, 1.807) is 31.3 Å². The summed E-state index contributed by atoms with van der Waals surface area (Å²) in [5.41, 5.74) is 1.44. The number of rotatable bonds is 7. The molecule has 4 aromatic rings. The van der Waals surface area contributed by atoms with E-state index in [1.165, 1.54) is 36.3 Å².